The molecule has 0 unspecified atom stereocenters. The quantitative estimate of drug-likeness (QED) is 0.780. The SMILES string of the molecule is Cc1sc2nc(-c3ccccc3)nc(N3CCNC(=O)C3)c2c1C. The van der Waals surface area contributed by atoms with E-state index in [1.807, 2.05) is 30.3 Å². The van der Waals surface area contributed by atoms with E-state index in [0.29, 0.717) is 18.9 Å². The molecule has 0 bridgehead atoms. The zero-order valence-corrected chi connectivity index (χ0v) is 14.5. The van der Waals surface area contributed by atoms with Crippen LogP contribution in [-0.2, 0) is 4.79 Å². The van der Waals surface area contributed by atoms with Crippen LogP contribution in [0.5, 0.6) is 0 Å². The number of amides is 1. The van der Waals surface area contributed by atoms with Crippen LogP contribution in [0, 0.1) is 13.8 Å². The summed E-state index contributed by atoms with van der Waals surface area (Å²) in [7, 11) is 0. The first-order chi connectivity index (χ1) is 11.6. The molecule has 2 aromatic heterocycles. The lowest BCUT2D eigenvalue weighted by molar-refractivity contribution is -0.120. The molecule has 3 aromatic rings. The number of aromatic nitrogens is 2. The summed E-state index contributed by atoms with van der Waals surface area (Å²) >= 11 is 1.69. The monoisotopic (exact) mass is 338 g/mol. The number of anilines is 1. The lowest BCUT2D eigenvalue weighted by Crippen LogP contribution is -2.48. The first-order valence-corrected chi connectivity index (χ1v) is 8.80. The van der Waals surface area contributed by atoms with Gasteiger partial charge >= 0.3 is 0 Å². The van der Waals surface area contributed by atoms with Crippen LogP contribution in [0.25, 0.3) is 21.6 Å². The fourth-order valence-electron chi connectivity index (χ4n) is 2.99. The minimum atomic E-state index is 0.0406. The summed E-state index contributed by atoms with van der Waals surface area (Å²) in [5.41, 5.74) is 2.20. The first kappa shape index (κ1) is 15.1. The normalized spacial score (nSPS) is 14.9. The van der Waals surface area contributed by atoms with Crippen molar-refractivity contribution in [2.24, 2.45) is 0 Å². The van der Waals surface area contributed by atoms with Crippen LogP contribution in [0.2, 0.25) is 0 Å². The van der Waals surface area contributed by atoms with E-state index in [-0.39, 0.29) is 5.91 Å². The number of nitrogens with one attached hydrogen (secondary N) is 1. The zero-order valence-electron chi connectivity index (χ0n) is 13.7. The maximum Gasteiger partial charge on any atom is 0.239 e. The number of benzene rings is 1. The number of carbonyl (C=O) groups is 1. The smallest absolute Gasteiger partial charge is 0.239 e. The van der Waals surface area contributed by atoms with Crippen molar-refractivity contribution < 1.29 is 4.79 Å². The molecule has 24 heavy (non-hydrogen) atoms. The number of aryl methyl sites for hydroxylation is 2. The standard InChI is InChI=1S/C18H18N4OS/c1-11-12(2)24-18-15(11)17(22-9-8-19-14(23)10-22)20-16(21-18)13-6-4-3-5-7-13/h3-7H,8-10H2,1-2H3,(H,19,23). The molecule has 0 spiro atoms. The van der Waals surface area contributed by atoms with Crippen molar-refractivity contribution in [2.75, 3.05) is 24.5 Å². The van der Waals surface area contributed by atoms with Gasteiger partial charge in [-0.05, 0) is 19.4 Å². The summed E-state index contributed by atoms with van der Waals surface area (Å²) in [5, 5.41) is 3.95. The molecule has 1 amide bonds. The molecular formula is C18H18N4OS. The lowest BCUT2D eigenvalue weighted by atomic mass is 10.1. The number of hydrogen-bond acceptors (Lipinski definition) is 5. The molecule has 4 rings (SSSR count). The van der Waals surface area contributed by atoms with E-state index in [9.17, 15) is 4.79 Å². The highest BCUT2D eigenvalue weighted by molar-refractivity contribution is 7.18. The van der Waals surface area contributed by atoms with Crippen LogP contribution >= 0.6 is 11.3 Å². The Labute approximate surface area is 144 Å². The van der Waals surface area contributed by atoms with Crippen LogP contribution in [0.15, 0.2) is 30.3 Å². The second kappa shape index (κ2) is 5.87. The molecule has 6 heteroatoms. The average molecular weight is 338 g/mol. The van der Waals surface area contributed by atoms with E-state index < -0.39 is 0 Å². The third-order valence-electron chi connectivity index (χ3n) is 4.38. The predicted octanol–water partition coefficient (Wildman–Crippen LogP) is 2.91. The van der Waals surface area contributed by atoms with Gasteiger partial charge in [-0.1, -0.05) is 30.3 Å². The van der Waals surface area contributed by atoms with Gasteiger partial charge < -0.3 is 10.2 Å². The summed E-state index contributed by atoms with van der Waals surface area (Å²) in [6, 6.07) is 9.99. The largest absolute Gasteiger partial charge is 0.353 e. The molecule has 1 saturated heterocycles. The molecule has 0 saturated carbocycles. The first-order valence-electron chi connectivity index (χ1n) is 7.98. The van der Waals surface area contributed by atoms with Gasteiger partial charge in [0.1, 0.15) is 10.6 Å². The molecule has 1 N–H and O–H groups in total. The van der Waals surface area contributed by atoms with Crippen molar-refractivity contribution in [2.45, 2.75) is 13.8 Å². The molecule has 0 radical (unpaired) electrons. The molecule has 0 atom stereocenters. The molecule has 3 heterocycles. The van der Waals surface area contributed by atoms with Crippen LogP contribution in [-0.4, -0.2) is 35.5 Å². The second-order valence-corrected chi connectivity index (χ2v) is 7.17. The van der Waals surface area contributed by atoms with Gasteiger partial charge in [-0.15, -0.1) is 11.3 Å². The minimum Gasteiger partial charge on any atom is -0.353 e. The highest BCUT2D eigenvalue weighted by Crippen LogP contribution is 2.36. The highest BCUT2D eigenvalue weighted by atomic mass is 32.1. The van der Waals surface area contributed by atoms with Gasteiger partial charge in [0.05, 0.1) is 11.9 Å². The van der Waals surface area contributed by atoms with Gasteiger partial charge in [0, 0.05) is 23.5 Å². The Morgan fingerprint density at radius 2 is 1.96 bits per heavy atom. The zero-order chi connectivity index (χ0) is 16.7. The Morgan fingerprint density at radius 3 is 2.71 bits per heavy atom. The van der Waals surface area contributed by atoms with Gasteiger partial charge in [-0.2, -0.15) is 0 Å². The molecule has 1 aliphatic rings. The van der Waals surface area contributed by atoms with E-state index in [1.165, 1.54) is 10.4 Å². The van der Waals surface area contributed by atoms with E-state index in [0.717, 1.165) is 28.1 Å². The molecule has 0 aliphatic carbocycles. The van der Waals surface area contributed by atoms with Crippen LogP contribution in [0.1, 0.15) is 10.4 Å². The molecule has 122 valence electrons. The van der Waals surface area contributed by atoms with Crippen LogP contribution < -0.4 is 10.2 Å². The Hall–Kier alpha value is -2.47. The number of fused-ring (bicyclic) bond motifs is 1. The van der Waals surface area contributed by atoms with E-state index in [4.69, 9.17) is 9.97 Å². The maximum absolute atomic E-state index is 11.8. The number of thiophene rings is 1. The summed E-state index contributed by atoms with van der Waals surface area (Å²) in [6.45, 7) is 5.96. The van der Waals surface area contributed by atoms with Crippen molar-refractivity contribution >= 4 is 33.3 Å². The highest BCUT2D eigenvalue weighted by Gasteiger charge is 2.23. The number of nitrogens with zero attached hydrogens (tertiary/aromatic N) is 3. The van der Waals surface area contributed by atoms with E-state index in [2.05, 4.69) is 24.1 Å². The Kier molecular flexibility index (Phi) is 3.69. The second-order valence-electron chi connectivity index (χ2n) is 5.97. The fraction of sp³-hybridized carbons (Fsp3) is 0.278. The van der Waals surface area contributed by atoms with Gasteiger partial charge in [0.15, 0.2) is 5.82 Å². The number of hydrogen-bond donors (Lipinski definition) is 1. The summed E-state index contributed by atoms with van der Waals surface area (Å²) in [5.74, 6) is 1.62. The molecule has 1 aromatic carbocycles. The Morgan fingerprint density at radius 1 is 1.17 bits per heavy atom. The van der Waals surface area contributed by atoms with Crippen molar-refractivity contribution in [3.8, 4) is 11.4 Å². The fourth-order valence-corrected chi connectivity index (χ4v) is 4.02. The molecule has 1 fully saturated rings. The van der Waals surface area contributed by atoms with Gasteiger partial charge in [-0.25, -0.2) is 9.97 Å². The van der Waals surface area contributed by atoms with Crippen LogP contribution in [0.3, 0.4) is 0 Å². The third kappa shape index (κ3) is 2.53. The third-order valence-corrected chi connectivity index (χ3v) is 5.48. The maximum atomic E-state index is 11.8. The van der Waals surface area contributed by atoms with E-state index >= 15 is 0 Å². The van der Waals surface area contributed by atoms with Gasteiger partial charge in [-0.3, -0.25) is 4.79 Å². The number of piperazine rings is 1. The van der Waals surface area contributed by atoms with Gasteiger partial charge in [0.2, 0.25) is 5.91 Å². The lowest BCUT2D eigenvalue weighted by Gasteiger charge is -2.28. The van der Waals surface area contributed by atoms with Crippen molar-refractivity contribution in [1.82, 2.24) is 15.3 Å². The summed E-state index contributed by atoms with van der Waals surface area (Å²) in [4.78, 5) is 25.8. The predicted molar refractivity (Wildman–Crippen MR) is 97.5 cm³/mol. The van der Waals surface area contributed by atoms with Gasteiger partial charge in [0.25, 0.3) is 0 Å². The summed E-state index contributed by atoms with van der Waals surface area (Å²) < 4.78 is 0. The number of carbonyl (C=O) groups excluding carboxylic acids is 1. The molecular weight excluding hydrogens is 320 g/mol. The van der Waals surface area contributed by atoms with Crippen LogP contribution in [0.4, 0.5) is 5.82 Å². The Balaban J connectivity index is 1.93. The summed E-state index contributed by atoms with van der Waals surface area (Å²) in [6.07, 6.45) is 0. The minimum absolute atomic E-state index is 0.0406. The van der Waals surface area contributed by atoms with Crippen molar-refractivity contribution in [1.29, 1.82) is 0 Å². The average Bonchev–Trinajstić information content (AvgIpc) is 2.89. The molecule has 5 nitrogen and oxygen atoms in total. The van der Waals surface area contributed by atoms with Crippen molar-refractivity contribution in [3.63, 3.8) is 0 Å². The number of rotatable bonds is 2. The molecule has 1 aliphatic heterocycles. The van der Waals surface area contributed by atoms with E-state index in [1.54, 1.807) is 11.3 Å². The topological polar surface area (TPSA) is 58.1 Å². The van der Waals surface area contributed by atoms with Crippen molar-refractivity contribution in [3.05, 3.63) is 40.8 Å². The Bertz CT molecular complexity index is 920.